The number of nitrogens with one attached hydrogen (secondary N) is 1. The molecule has 0 spiro atoms. The van der Waals surface area contributed by atoms with Crippen LogP contribution in [0.15, 0.2) is 30.3 Å². The number of aryl methyl sites for hydroxylation is 2. The van der Waals surface area contributed by atoms with Crippen LogP contribution in [0.5, 0.6) is 0 Å². The van der Waals surface area contributed by atoms with Crippen LogP contribution in [0.25, 0.3) is 16.3 Å². The molecule has 0 aliphatic carbocycles. The second kappa shape index (κ2) is 7.71. The quantitative estimate of drug-likeness (QED) is 0.539. The fourth-order valence-corrected chi connectivity index (χ4v) is 3.42. The van der Waals surface area contributed by atoms with Crippen LogP contribution in [-0.2, 0) is 21.4 Å². The van der Waals surface area contributed by atoms with E-state index in [1.165, 1.54) is 24.3 Å². The second-order valence-electron chi connectivity index (χ2n) is 6.09. The summed E-state index contributed by atoms with van der Waals surface area (Å²) in [5.41, 5.74) is 3.05. The average Bonchev–Trinajstić information content (AvgIpc) is 3.15. The van der Waals surface area contributed by atoms with Crippen LogP contribution in [-0.4, -0.2) is 32.7 Å². The van der Waals surface area contributed by atoms with Crippen molar-refractivity contribution in [2.75, 3.05) is 5.32 Å². The Hall–Kier alpha value is -3.00. The van der Waals surface area contributed by atoms with Crippen LogP contribution >= 0.6 is 11.3 Å². The number of nitrogens with zero attached hydrogens (tertiary/aromatic N) is 3. The molecule has 0 unspecified atom stereocenters. The van der Waals surface area contributed by atoms with E-state index in [1.807, 2.05) is 31.2 Å². The van der Waals surface area contributed by atoms with Gasteiger partial charge in [0.2, 0.25) is 0 Å². The zero-order valence-electron chi connectivity index (χ0n) is 15.5. The lowest BCUT2D eigenvalue weighted by molar-refractivity contribution is -0.148. The fraction of sp³-hybridized carbons (Fsp3) is 0.263. The summed E-state index contributed by atoms with van der Waals surface area (Å²) in [6.07, 6.45) is 1.94. The first kappa shape index (κ1) is 18.8. The van der Waals surface area contributed by atoms with E-state index < -0.39 is 18.0 Å². The molecule has 0 aliphatic heterocycles. The van der Waals surface area contributed by atoms with Crippen molar-refractivity contribution in [3.63, 3.8) is 0 Å². The lowest BCUT2D eigenvalue weighted by Crippen LogP contribution is -2.29. The van der Waals surface area contributed by atoms with Crippen molar-refractivity contribution in [3.05, 3.63) is 46.7 Å². The molecule has 1 N–H and O–H groups in total. The predicted molar refractivity (Wildman–Crippen MR) is 106 cm³/mol. The van der Waals surface area contributed by atoms with E-state index in [9.17, 15) is 9.59 Å². The molecule has 0 radical (unpaired) electrons. The molecule has 3 rings (SSSR count). The number of hydrogen-bond donors (Lipinski definition) is 1. The number of rotatable bonds is 5. The fourth-order valence-electron chi connectivity index (χ4n) is 2.55. The number of para-hydroxylation sites is 1. The standard InChI is InChI=1S/C19H20N4O3S/c1-11-18(12(2)23(4)22-11)21-19(25)13(3)26-17(24)10-9-16-20-14-7-5-6-8-15(14)27-16/h5-10,13H,1-4H3,(H,21,25)/b10-9+/t13-/m0/s1. The van der Waals surface area contributed by atoms with E-state index in [2.05, 4.69) is 15.4 Å². The molecule has 1 atom stereocenters. The molecule has 0 fully saturated rings. The van der Waals surface area contributed by atoms with Crippen molar-refractivity contribution in [1.82, 2.24) is 14.8 Å². The van der Waals surface area contributed by atoms with Gasteiger partial charge >= 0.3 is 5.97 Å². The number of ether oxygens (including phenoxy) is 1. The maximum absolute atomic E-state index is 12.3. The molecule has 0 saturated heterocycles. The molecule has 0 aliphatic rings. The van der Waals surface area contributed by atoms with Crippen LogP contribution in [0.1, 0.15) is 23.3 Å². The van der Waals surface area contributed by atoms with E-state index in [0.29, 0.717) is 16.4 Å². The van der Waals surface area contributed by atoms with E-state index in [0.717, 1.165) is 15.9 Å². The van der Waals surface area contributed by atoms with Gasteiger partial charge in [0, 0.05) is 13.1 Å². The van der Waals surface area contributed by atoms with E-state index in [-0.39, 0.29) is 0 Å². The third-order valence-electron chi connectivity index (χ3n) is 4.09. The molecular weight excluding hydrogens is 364 g/mol. The van der Waals surface area contributed by atoms with Gasteiger partial charge in [0.1, 0.15) is 5.01 Å². The molecule has 1 aromatic carbocycles. The Morgan fingerprint density at radius 3 is 2.70 bits per heavy atom. The van der Waals surface area contributed by atoms with Gasteiger partial charge in [0.05, 0.1) is 27.3 Å². The van der Waals surface area contributed by atoms with Crippen molar-refractivity contribution in [2.24, 2.45) is 7.05 Å². The smallest absolute Gasteiger partial charge is 0.331 e. The Balaban J connectivity index is 1.60. The summed E-state index contributed by atoms with van der Waals surface area (Å²) in [6, 6.07) is 7.73. The lowest BCUT2D eigenvalue weighted by Gasteiger charge is -2.12. The van der Waals surface area contributed by atoms with Crippen LogP contribution in [0, 0.1) is 13.8 Å². The summed E-state index contributed by atoms with van der Waals surface area (Å²) >= 11 is 1.48. The molecule has 2 heterocycles. The molecule has 0 bridgehead atoms. The summed E-state index contributed by atoms with van der Waals surface area (Å²) in [5.74, 6) is -1.01. The third kappa shape index (κ3) is 4.22. The number of carbonyl (C=O) groups excluding carboxylic acids is 2. The highest BCUT2D eigenvalue weighted by Crippen LogP contribution is 2.22. The first-order chi connectivity index (χ1) is 12.8. The van der Waals surface area contributed by atoms with Gasteiger partial charge in [0.25, 0.3) is 5.91 Å². The number of carbonyl (C=O) groups is 2. The van der Waals surface area contributed by atoms with Crippen molar-refractivity contribution >= 4 is 45.2 Å². The molecule has 1 amide bonds. The Bertz CT molecular complexity index is 1000. The van der Waals surface area contributed by atoms with Crippen LogP contribution in [0.4, 0.5) is 5.69 Å². The minimum Gasteiger partial charge on any atom is -0.449 e. The number of esters is 1. The van der Waals surface area contributed by atoms with Gasteiger partial charge in [-0.3, -0.25) is 9.48 Å². The molecule has 140 valence electrons. The molecule has 2 aromatic heterocycles. The summed E-state index contributed by atoms with van der Waals surface area (Å²) in [7, 11) is 1.80. The van der Waals surface area contributed by atoms with Gasteiger partial charge in [0.15, 0.2) is 6.10 Å². The Labute approximate surface area is 160 Å². The zero-order valence-corrected chi connectivity index (χ0v) is 16.3. The highest BCUT2D eigenvalue weighted by atomic mass is 32.1. The molecule has 0 saturated carbocycles. The van der Waals surface area contributed by atoms with E-state index >= 15 is 0 Å². The molecule has 3 aromatic rings. The maximum Gasteiger partial charge on any atom is 0.331 e. The zero-order chi connectivity index (χ0) is 19.6. The minimum absolute atomic E-state index is 0.407. The van der Waals surface area contributed by atoms with Gasteiger partial charge in [-0.15, -0.1) is 11.3 Å². The summed E-state index contributed by atoms with van der Waals surface area (Å²) in [6.45, 7) is 5.19. The van der Waals surface area contributed by atoms with Crippen molar-refractivity contribution in [1.29, 1.82) is 0 Å². The van der Waals surface area contributed by atoms with Crippen molar-refractivity contribution in [2.45, 2.75) is 26.9 Å². The van der Waals surface area contributed by atoms with E-state index in [4.69, 9.17) is 4.74 Å². The number of thiazole rings is 1. The van der Waals surface area contributed by atoms with Crippen LogP contribution in [0.3, 0.4) is 0 Å². The van der Waals surface area contributed by atoms with Gasteiger partial charge < -0.3 is 10.1 Å². The topological polar surface area (TPSA) is 86.1 Å². The predicted octanol–water partition coefficient (Wildman–Crippen LogP) is 3.23. The molecular formula is C19H20N4O3S. The normalized spacial score (nSPS) is 12.4. The summed E-state index contributed by atoms with van der Waals surface area (Å²) < 4.78 is 7.90. The Morgan fingerprint density at radius 1 is 1.30 bits per heavy atom. The van der Waals surface area contributed by atoms with Gasteiger partial charge in [-0.25, -0.2) is 9.78 Å². The number of amides is 1. The molecule has 8 heteroatoms. The number of anilines is 1. The third-order valence-corrected chi connectivity index (χ3v) is 5.09. The number of fused-ring (bicyclic) bond motifs is 1. The van der Waals surface area contributed by atoms with Crippen molar-refractivity contribution < 1.29 is 14.3 Å². The van der Waals surface area contributed by atoms with E-state index in [1.54, 1.807) is 24.7 Å². The maximum atomic E-state index is 12.3. The second-order valence-corrected chi connectivity index (χ2v) is 7.15. The Morgan fingerprint density at radius 2 is 2.04 bits per heavy atom. The number of aromatic nitrogens is 3. The van der Waals surface area contributed by atoms with Crippen LogP contribution in [0.2, 0.25) is 0 Å². The summed E-state index contributed by atoms with van der Waals surface area (Å²) in [4.78, 5) is 28.7. The number of hydrogen-bond acceptors (Lipinski definition) is 6. The monoisotopic (exact) mass is 384 g/mol. The first-order valence-electron chi connectivity index (χ1n) is 8.40. The van der Waals surface area contributed by atoms with Gasteiger partial charge in [-0.2, -0.15) is 5.10 Å². The minimum atomic E-state index is -0.934. The Kier molecular flexibility index (Phi) is 5.36. The molecule has 7 nitrogen and oxygen atoms in total. The summed E-state index contributed by atoms with van der Waals surface area (Å²) in [5, 5.41) is 7.71. The SMILES string of the molecule is Cc1nn(C)c(C)c1NC(=O)[C@H](C)OC(=O)/C=C/c1nc2ccccc2s1. The lowest BCUT2D eigenvalue weighted by atomic mass is 10.3. The highest BCUT2D eigenvalue weighted by Gasteiger charge is 2.20. The first-order valence-corrected chi connectivity index (χ1v) is 9.22. The van der Waals surface area contributed by atoms with Gasteiger partial charge in [-0.1, -0.05) is 12.1 Å². The molecule has 27 heavy (non-hydrogen) atoms. The van der Waals surface area contributed by atoms with Crippen molar-refractivity contribution in [3.8, 4) is 0 Å². The number of benzene rings is 1. The van der Waals surface area contributed by atoms with Gasteiger partial charge in [-0.05, 0) is 39.0 Å². The van der Waals surface area contributed by atoms with Crippen LogP contribution < -0.4 is 5.32 Å². The largest absolute Gasteiger partial charge is 0.449 e. The highest BCUT2D eigenvalue weighted by molar-refractivity contribution is 7.19. The average molecular weight is 384 g/mol.